The van der Waals surface area contributed by atoms with Crippen molar-refractivity contribution in [2.75, 3.05) is 6.54 Å². The van der Waals surface area contributed by atoms with Gasteiger partial charge in [-0.15, -0.1) is 0 Å². The Hall–Kier alpha value is -2.07. The van der Waals surface area contributed by atoms with Gasteiger partial charge in [-0.25, -0.2) is 0 Å². The number of rotatable bonds is 4. The summed E-state index contributed by atoms with van der Waals surface area (Å²) in [7, 11) is 1.65. The summed E-state index contributed by atoms with van der Waals surface area (Å²) in [5.41, 5.74) is 1.17. The van der Waals surface area contributed by atoms with E-state index in [1.165, 1.54) is 10.6 Å². The molecule has 4 nitrogen and oxygen atoms in total. The molecule has 0 bridgehead atoms. The number of carbonyl (C=O) groups excluding carboxylic acids is 1. The van der Waals surface area contributed by atoms with E-state index in [4.69, 9.17) is 11.6 Å². The third-order valence-corrected chi connectivity index (χ3v) is 3.52. The number of carbonyl (C=O) groups is 1. The third-order valence-electron chi connectivity index (χ3n) is 3.28. The Morgan fingerprint density at radius 1 is 1.29 bits per heavy atom. The van der Waals surface area contributed by atoms with Gasteiger partial charge in [0.05, 0.1) is 0 Å². The number of benzene rings is 1. The minimum atomic E-state index is -0.195. The normalized spacial score (nSPS) is 10.4. The van der Waals surface area contributed by atoms with Crippen LogP contribution in [-0.2, 0) is 13.6 Å². The summed E-state index contributed by atoms with van der Waals surface area (Å²) in [6.45, 7) is 2.93. The van der Waals surface area contributed by atoms with Crippen LogP contribution in [0.2, 0.25) is 5.02 Å². The van der Waals surface area contributed by atoms with Gasteiger partial charge in [-0.1, -0.05) is 23.7 Å². The molecule has 0 radical (unpaired) electrons. The van der Waals surface area contributed by atoms with Gasteiger partial charge in [-0.2, -0.15) is 0 Å². The fourth-order valence-corrected chi connectivity index (χ4v) is 2.26. The second-order valence-electron chi connectivity index (χ2n) is 4.81. The van der Waals surface area contributed by atoms with Crippen molar-refractivity contribution in [1.82, 2.24) is 9.47 Å². The molecule has 1 amide bonds. The standard InChI is InChI=1S/C16H17ClN2O2/c1-3-19(11-12-5-4-6-14(17)9-12)16(21)13-7-8-18(2)15(20)10-13/h4-10H,3,11H2,1-2H3. The maximum absolute atomic E-state index is 12.5. The Bertz CT molecular complexity index is 709. The first-order valence-corrected chi connectivity index (χ1v) is 7.09. The molecular formula is C16H17ClN2O2. The summed E-state index contributed by atoms with van der Waals surface area (Å²) in [4.78, 5) is 25.8. The van der Waals surface area contributed by atoms with Gasteiger partial charge in [0, 0.05) is 43.0 Å². The van der Waals surface area contributed by atoms with Crippen molar-refractivity contribution in [1.29, 1.82) is 0 Å². The van der Waals surface area contributed by atoms with Gasteiger partial charge in [0.2, 0.25) is 0 Å². The van der Waals surface area contributed by atoms with Crippen LogP contribution in [-0.4, -0.2) is 21.9 Å². The van der Waals surface area contributed by atoms with Gasteiger partial charge in [0.25, 0.3) is 11.5 Å². The van der Waals surface area contributed by atoms with Crippen molar-refractivity contribution in [3.05, 3.63) is 69.1 Å². The topological polar surface area (TPSA) is 42.3 Å². The smallest absolute Gasteiger partial charge is 0.254 e. The second kappa shape index (κ2) is 6.59. The van der Waals surface area contributed by atoms with Crippen molar-refractivity contribution >= 4 is 17.5 Å². The summed E-state index contributed by atoms with van der Waals surface area (Å²) in [6.07, 6.45) is 1.60. The van der Waals surface area contributed by atoms with Crippen molar-refractivity contribution in [2.45, 2.75) is 13.5 Å². The number of pyridine rings is 1. The molecule has 0 saturated carbocycles. The van der Waals surface area contributed by atoms with E-state index in [0.717, 1.165) is 5.56 Å². The first kappa shape index (κ1) is 15.3. The third kappa shape index (κ3) is 3.73. The van der Waals surface area contributed by atoms with Crippen LogP contribution in [0, 0.1) is 0 Å². The van der Waals surface area contributed by atoms with Gasteiger partial charge in [-0.05, 0) is 30.7 Å². The number of halogens is 1. The minimum Gasteiger partial charge on any atom is -0.335 e. The van der Waals surface area contributed by atoms with Crippen LogP contribution in [0.1, 0.15) is 22.8 Å². The van der Waals surface area contributed by atoms with E-state index in [2.05, 4.69) is 0 Å². The molecule has 0 atom stereocenters. The van der Waals surface area contributed by atoms with E-state index in [0.29, 0.717) is 23.7 Å². The van der Waals surface area contributed by atoms with E-state index in [1.807, 2.05) is 25.1 Å². The predicted molar refractivity (Wildman–Crippen MR) is 83.5 cm³/mol. The molecule has 5 heteroatoms. The molecule has 0 fully saturated rings. The molecule has 0 aliphatic rings. The Morgan fingerprint density at radius 3 is 2.67 bits per heavy atom. The molecule has 1 aromatic heterocycles. The Kier molecular flexibility index (Phi) is 4.81. The zero-order valence-electron chi connectivity index (χ0n) is 12.0. The zero-order chi connectivity index (χ0) is 15.4. The van der Waals surface area contributed by atoms with Crippen LogP contribution in [0.3, 0.4) is 0 Å². The van der Waals surface area contributed by atoms with Crippen LogP contribution in [0.5, 0.6) is 0 Å². The Labute approximate surface area is 128 Å². The fourth-order valence-electron chi connectivity index (χ4n) is 2.05. The lowest BCUT2D eigenvalue weighted by molar-refractivity contribution is 0.0752. The van der Waals surface area contributed by atoms with Crippen molar-refractivity contribution in [2.24, 2.45) is 7.05 Å². The average Bonchev–Trinajstić information content (AvgIpc) is 2.47. The van der Waals surface area contributed by atoms with Crippen LogP contribution in [0.25, 0.3) is 0 Å². The van der Waals surface area contributed by atoms with Gasteiger partial charge < -0.3 is 9.47 Å². The highest BCUT2D eigenvalue weighted by molar-refractivity contribution is 6.30. The summed E-state index contributed by atoms with van der Waals surface area (Å²) in [5, 5.41) is 0.643. The zero-order valence-corrected chi connectivity index (χ0v) is 12.8. The highest BCUT2D eigenvalue weighted by Gasteiger charge is 2.15. The highest BCUT2D eigenvalue weighted by Crippen LogP contribution is 2.14. The lowest BCUT2D eigenvalue weighted by Gasteiger charge is -2.21. The molecule has 0 N–H and O–H groups in total. The maximum atomic E-state index is 12.5. The Morgan fingerprint density at radius 2 is 2.05 bits per heavy atom. The number of hydrogen-bond acceptors (Lipinski definition) is 2. The van der Waals surface area contributed by atoms with E-state index in [-0.39, 0.29) is 11.5 Å². The first-order chi connectivity index (χ1) is 10.0. The highest BCUT2D eigenvalue weighted by atomic mass is 35.5. The monoisotopic (exact) mass is 304 g/mol. The molecule has 0 spiro atoms. The van der Waals surface area contributed by atoms with Crippen molar-refractivity contribution < 1.29 is 4.79 Å². The quantitative estimate of drug-likeness (QED) is 0.871. The van der Waals surface area contributed by atoms with Crippen molar-refractivity contribution in [3.63, 3.8) is 0 Å². The summed E-state index contributed by atoms with van der Waals surface area (Å²) in [5.74, 6) is -0.157. The number of aromatic nitrogens is 1. The second-order valence-corrected chi connectivity index (χ2v) is 5.25. The largest absolute Gasteiger partial charge is 0.335 e. The maximum Gasteiger partial charge on any atom is 0.254 e. The molecule has 2 aromatic rings. The SMILES string of the molecule is CCN(Cc1cccc(Cl)c1)C(=O)c1ccn(C)c(=O)c1. The minimum absolute atomic E-state index is 0.157. The van der Waals surface area contributed by atoms with E-state index in [9.17, 15) is 9.59 Å². The molecule has 21 heavy (non-hydrogen) atoms. The van der Waals surface area contributed by atoms with Gasteiger partial charge in [-0.3, -0.25) is 9.59 Å². The van der Waals surface area contributed by atoms with Crippen molar-refractivity contribution in [3.8, 4) is 0 Å². The van der Waals surface area contributed by atoms with Gasteiger partial charge in [0.1, 0.15) is 0 Å². The molecule has 1 aromatic carbocycles. The number of aryl methyl sites for hydroxylation is 1. The summed E-state index contributed by atoms with van der Waals surface area (Å²) in [6, 6.07) is 10.4. The summed E-state index contributed by atoms with van der Waals surface area (Å²) >= 11 is 5.96. The average molecular weight is 305 g/mol. The lowest BCUT2D eigenvalue weighted by Crippen LogP contribution is -2.31. The van der Waals surface area contributed by atoms with Crippen LogP contribution in [0.4, 0.5) is 0 Å². The molecule has 0 saturated heterocycles. The predicted octanol–water partition coefficient (Wildman–Crippen LogP) is 2.70. The molecule has 2 rings (SSSR count). The molecule has 110 valence electrons. The summed E-state index contributed by atoms with van der Waals surface area (Å²) < 4.78 is 1.43. The van der Waals surface area contributed by atoms with E-state index >= 15 is 0 Å². The lowest BCUT2D eigenvalue weighted by atomic mass is 10.2. The molecule has 0 unspecified atom stereocenters. The van der Waals surface area contributed by atoms with Gasteiger partial charge >= 0.3 is 0 Å². The molecule has 0 aliphatic heterocycles. The van der Waals surface area contributed by atoms with Crippen LogP contribution >= 0.6 is 11.6 Å². The number of hydrogen-bond donors (Lipinski definition) is 0. The Balaban J connectivity index is 2.22. The molecule has 1 heterocycles. The molecule has 0 aliphatic carbocycles. The number of nitrogens with zero attached hydrogens (tertiary/aromatic N) is 2. The number of amides is 1. The van der Waals surface area contributed by atoms with Gasteiger partial charge in [0.15, 0.2) is 0 Å². The van der Waals surface area contributed by atoms with Crippen LogP contribution < -0.4 is 5.56 Å². The fraction of sp³-hybridized carbons (Fsp3) is 0.250. The van der Waals surface area contributed by atoms with E-state index in [1.54, 1.807) is 30.3 Å². The first-order valence-electron chi connectivity index (χ1n) is 6.71. The van der Waals surface area contributed by atoms with E-state index < -0.39 is 0 Å². The molecular weight excluding hydrogens is 288 g/mol. The van der Waals surface area contributed by atoms with Crippen LogP contribution in [0.15, 0.2) is 47.4 Å².